The van der Waals surface area contributed by atoms with Crippen molar-refractivity contribution in [2.45, 2.75) is 45.2 Å². The molecule has 4 atom stereocenters. The zero-order chi connectivity index (χ0) is 19.7. The summed E-state index contributed by atoms with van der Waals surface area (Å²) in [6, 6.07) is 10.9. The predicted molar refractivity (Wildman–Crippen MR) is 110 cm³/mol. The van der Waals surface area contributed by atoms with Gasteiger partial charge in [0.15, 0.2) is 0 Å². The van der Waals surface area contributed by atoms with Crippen molar-refractivity contribution in [3.63, 3.8) is 0 Å². The maximum Gasteiger partial charge on any atom is 0.146 e. The van der Waals surface area contributed by atoms with Crippen LogP contribution in [0.1, 0.15) is 48.9 Å². The fraction of sp³-hybridized carbons (Fsp3) is 0.455. The van der Waals surface area contributed by atoms with Gasteiger partial charge in [-0.15, -0.1) is 0 Å². The summed E-state index contributed by atoms with van der Waals surface area (Å²) in [5.74, 6) is 0.300. The van der Waals surface area contributed by atoms with Gasteiger partial charge < -0.3 is 10.4 Å². The fourth-order valence-corrected chi connectivity index (χ4v) is 5.06. The van der Waals surface area contributed by atoms with Gasteiger partial charge in [-0.3, -0.25) is 0 Å². The zero-order valence-electron chi connectivity index (χ0n) is 15.8. The number of aliphatic hydroxyl groups is 1. The number of aliphatic hydroxyl groups excluding tert-OH is 1. The monoisotopic (exact) mass is 409 g/mol. The highest BCUT2D eigenvalue weighted by atomic mass is 35.5. The highest BCUT2D eigenvalue weighted by Gasteiger charge is 2.46. The molecule has 1 aliphatic heterocycles. The van der Waals surface area contributed by atoms with Gasteiger partial charge in [0.05, 0.1) is 5.02 Å². The van der Waals surface area contributed by atoms with Crippen LogP contribution in [-0.2, 0) is 0 Å². The Kier molecular flexibility index (Phi) is 6.47. The number of aryl methyl sites for hydroxylation is 1. The maximum atomic E-state index is 14.9. The second kappa shape index (κ2) is 8.48. The Bertz CT molecular complexity index is 811. The third-order valence-electron chi connectivity index (χ3n) is 5.75. The summed E-state index contributed by atoms with van der Waals surface area (Å²) in [7, 11) is 0. The summed E-state index contributed by atoms with van der Waals surface area (Å²) in [6.07, 6.45) is 0.630. The maximum absolute atomic E-state index is 14.9. The first-order valence-electron chi connectivity index (χ1n) is 9.42. The van der Waals surface area contributed by atoms with E-state index in [0.29, 0.717) is 22.9 Å². The van der Waals surface area contributed by atoms with Crippen molar-refractivity contribution in [3.05, 3.63) is 69.0 Å². The first-order valence-corrected chi connectivity index (χ1v) is 10.2. The minimum absolute atomic E-state index is 0.0618. The lowest BCUT2D eigenvalue weighted by Crippen LogP contribution is -2.31. The second-order valence-electron chi connectivity index (χ2n) is 7.75. The van der Waals surface area contributed by atoms with Crippen molar-refractivity contribution >= 4 is 23.2 Å². The number of hydrogen-bond donors (Lipinski definition) is 2. The average molecular weight is 410 g/mol. The summed E-state index contributed by atoms with van der Waals surface area (Å²) >= 11 is 12.2. The van der Waals surface area contributed by atoms with Gasteiger partial charge in [-0.25, -0.2) is 4.39 Å². The van der Waals surface area contributed by atoms with Crippen LogP contribution in [-0.4, -0.2) is 17.8 Å². The van der Waals surface area contributed by atoms with E-state index in [1.807, 2.05) is 19.1 Å². The Morgan fingerprint density at radius 2 is 1.89 bits per heavy atom. The van der Waals surface area contributed by atoms with Gasteiger partial charge in [0.1, 0.15) is 5.82 Å². The van der Waals surface area contributed by atoms with Crippen molar-refractivity contribution in [1.29, 1.82) is 0 Å². The van der Waals surface area contributed by atoms with Crippen LogP contribution in [0.25, 0.3) is 0 Å². The first-order chi connectivity index (χ1) is 12.8. The summed E-state index contributed by atoms with van der Waals surface area (Å²) in [5.41, 5.74) is 2.83. The average Bonchev–Trinajstić information content (AvgIpc) is 2.97. The van der Waals surface area contributed by atoms with Crippen LogP contribution in [0.5, 0.6) is 0 Å². The van der Waals surface area contributed by atoms with E-state index >= 15 is 0 Å². The van der Waals surface area contributed by atoms with E-state index in [2.05, 4.69) is 25.2 Å². The zero-order valence-corrected chi connectivity index (χ0v) is 17.4. The van der Waals surface area contributed by atoms with Crippen molar-refractivity contribution in [1.82, 2.24) is 5.32 Å². The van der Waals surface area contributed by atoms with Crippen LogP contribution in [0, 0.1) is 24.6 Å². The SMILES string of the molecule is Cc1cc(Cl)ccc1C1C(c2cccc(Cl)c2F)NC(CCO)C1C(C)C. The third-order valence-corrected chi connectivity index (χ3v) is 6.28. The largest absolute Gasteiger partial charge is 0.396 e. The van der Waals surface area contributed by atoms with Gasteiger partial charge >= 0.3 is 0 Å². The van der Waals surface area contributed by atoms with E-state index in [9.17, 15) is 9.50 Å². The molecule has 0 saturated carbocycles. The van der Waals surface area contributed by atoms with E-state index in [1.54, 1.807) is 18.2 Å². The minimum Gasteiger partial charge on any atom is -0.396 e. The van der Waals surface area contributed by atoms with Crippen molar-refractivity contribution in [3.8, 4) is 0 Å². The Hall–Kier alpha value is -1.13. The van der Waals surface area contributed by atoms with Gasteiger partial charge in [0, 0.05) is 35.2 Å². The third kappa shape index (κ3) is 4.02. The number of halogens is 3. The molecule has 0 radical (unpaired) electrons. The minimum atomic E-state index is -0.375. The molecule has 1 fully saturated rings. The van der Waals surface area contributed by atoms with E-state index in [-0.39, 0.29) is 41.4 Å². The van der Waals surface area contributed by atoms with Gasteiger partial charge in [-0.2, -0.15) is 0 Å². The molecule has 146 valence electrons. The Morgan fingerprint density at radius 1 is 1.15 bits per heavy atom. The lowest BCUT2D eigenvalue weighted by atomic mass is 9.73. The molecule has 2 aromatic rings. The van der Waals surface area contributed by atoms with Crippen LogP contribution < -0.4 is 5.32 Å². The second-order valence-corrected chi connectivity index (χ2v) is 8.60. The Labute approximate surface area is 170 Å². The normalized spacial score (nSPS) is 25.3. The lowest BCUT2D eigenvalue weighted by molar-refractivity contribution is 0.231. The molecule has 1 heterocycles. The van der Waals surface area contributed by atoms with E-state index in [4.69, 9.17) is 23.2 Å². The summed E-state index contributed by atoms with van der Waals surface area (Å²) < 4.78 is 14.9. The molecule has 0 aromatic heterocycles. The molecular formula is C22H26Cl2FNO. The lowest BCUT2D eigenvalue weighted by Gasteiger charge is -2.30. The molecule has 4 unspecified atom stereocenters. The molecule has 0 spiro atoms. The number of nitrogens with one attached hydrogen (secondary N) is 1. The topological polar surface area (TPSA) is 32.3 Å². The predicted octanol–water partition coefficient (Wildman–Crippen LogP) is 5.89. The Morgan fingerprint density at radius 3 is 2.52 bits per heavy atom. The molecule has 27 heavy (non-hydrogen) atoms. The first kappa shape index (κ1) is 20.6. The van der Waals surface area contributed by atoms with Crippen molar-refractivity contribution in [2.75, 3.05) is 6.61 Å². The molecule has 0 bridgehead atoms. The summed E-state index contributed by atoms with van der Waals surface area (Å²) in [6.45, 7) is 6.51. The molecule has 2 aromatic carbocycles. The fourth-order valence-electron chi connectivity index (χ4n) is 4.66. The summed E-state index contributed by atoms with van der Waals surface area (Å²) in [5, 5.41) is 14.0. The van der Waals surface area contributed by atoms with Crippen molar-refractivity contribution in [2.24, 2.45) is 11.8 Å². The van der Waals surface area contributed by atoms with E-state index in [0.717, 1.165) is 11.1 Å². The molecule has 0 aliphatic carbocycles. The van der Waals surface area contributed by atoms with Crippen LogP contribution in [0.2, 0.25) is 10.0 Å². The van der Waals surface area contributed by atoms with Crippen LogP contribution in [0.15, 0.2) is 36.4 Å². The van der Waals surface area contributed by atoms with E-state index < -0.39 is 0 Å². The highest BCUT2D eigenvalue weighted by molar-refractivity contribution is 6.31. The molecule has 1 aliphatic rings. The molecule has 3 rings (SSSR count). The highest BCUT2D eigenvalue weighted by Crippen LogP contribution is 2.50. The standard InChI is InChI=1S/C22H26Cl2FNO/c1-12(2)19-18(9-10-27)26-22(16-5-4-6-17(24)21(16)25)20(19)15-8-7-14(23)11-13(15)3/h4-8,11-12,18-20,22,26-27H,9-10H2,1-3H3. The number of rotatable bonds is 5. The number of hydrogen-bond acceptors (Lipinski definition) is 2. The van der Waals surface area contributed by atoms with Crippen molar-refractivity contribution < 1.29 is 9.50 Å². The molecule has 5 heteroatoms. The van der Waals surface area contributed by atoms with Crippen LogP contribution >= 0.6 is 23.2 Å². The molecule has 2 nitrogen and oxygen atoms in total. The number of benzene rings is 2. The van der Waals surface area contributed by atoms with Gasteiger partial charge in [-0.05, 0) is 54.5 Å². The van der Waals surface area contributed by atoms with Crippen LogP contribution in [0.4, 0.5) is 4.39 Å². The quantitative estimate of drug-likeness (QED) is 0.644. The smallest absolute Gasteiger partial charge is 0.146 e. The molecule has 0 amide bonds. The van der Waals surface area contributed by atoms with Gasteiger partial charge in [-0.1, -0.05) is 55.2 Å². The summed E-state index contributed by atoms with van der Waals surface area (Å²) in [4.78, 5) is 0. The molecular weight excluding hydrogens is 384 g/mol. The Balaban J connectivity index is 2.15. The van der Waals surface area contributed by atoms with Gasteiger partial charge in [0.2, 0.25) is 0 Å². The van der Waals surface area contributed by atoms with Crippen LogP contribution in [0.3, 0.4) is 0 Å². The van der Waals surface area contributed by atoms with Gasteiger partial charge in [0.25, 0.3) is 0 Å². The molecule has 2 N–H and O–H groups in total. The van der Waals surface area contributed by atoms with E-state index in [1.165, 1.54) is 0 Å². The molecule has 1 saturated heterocycles.